The molecule has 0 saturated heterocycles. The molecule has 60 valence electrons. The second-order valence-corrected chi connectivity index (χ2v) is 3.41. The van der Waals surface area contributed by atoms with Crippen LogP contribution in [-0.4, -0.2) is 11.2 Å². The third kappa shape index (κ3) is 2.87. The lowest BCUT2D eigenvalue weighted by Crippen LogP contribution is -2.04. The van der Waals surface area contributed by atoms with Crippen molar-refractivity contribution in [3.8, 4) is 0 Å². The van der Waals surface area contributed by atoms with E-state index in [1.807, 2.05) is 30.5 Å². The molecule has 1 unspecified atom stereocenters. The Morgan fingerprint density at radius 3 is 3.09 bits per heavy atom. The molecule has 0 radical (unpaired) electrons. The van der Waals surface area contributed by atoms with Crippen molar-refractivity contribution in [3.63, 3.8) is 0 Å². The first kappa shape index (κ1) is 8.50. The molecule has 0 amide bonds. The molecule has 0 saturated carbocycles. The summed E-state index contributed by atoms with van der Waals surface area (Å²) in [4.78, 5) is 1.23. The van der Waals surface area contributed by atoms with Crippen LogP contribution in [0.3, 0.4) is 0 Å². The maximum absolute atomic E-state index is 9.34. The summed E-state index contributed by atoms with van der Waals surface area (Å²) in [5.41, 5.74) is 0. The first-order chi connectivity index (χ1) is 5.33. The smallest absolute Gasteiger partial charge is 0.0769 e. The quantitative estimate of drug-likeness (QED) is 0.686. The van der Waals surface area contributed by atoms with Crippen molar-refractivity contribution in [2.75, 3.05) is 0 Å². The monoisotopic (exact) mass is 168 g/mol. The van der Waals surface area contributed by atoms with Gasteiger partial charge in [0.05, 0.1) is 6.10 Å². The summed E-state index contributed by atoms with van der Waals surface area (Å²) in [5, 5.41) is 11.4. The van der Waals surface area contributed by atoms with Crippen LogP contribution < -0.4 is 0 Å². The van der Waals surface area contributed by atoms with Gasteiger partial charge in [0, 0.05) is 11.3 Å². The van der Waals surface area contributed by atoms with Crippen molar-refractivity contribution in [2.24, 2.45) is 0 Å². The molecule has 1 heterocycles. The van der Waals surface area contributed by atoms with Crippen LogP contribution in [0.15, 0.2) is 29.7 Å². The van der Waals surface area contributed by atoms with Crippen LogP contribution >= 0.6 is 11.3 Å². The molecule has 1 aromatic heterocycles. The highest BCUT2D eigenvalue weighted by Crippen LogP contribution is 2.11. The van der Waals surface area contributed by atoms with E-state index >= 15 is 0 Å². The molecule has 0 aliphatic carbocycles. The number of aliphatic hydroxyl groups is 1. The van der Waals surface area contributed by atoms with Gasteiger partial charge in [0.2, 0.25) is 0 Å². The summed E-state index contributed by atoms with van der Waals surface area (Å²) in [7, 11) is 0. The summed E-state index contributed by atoms with van der Waals surface area (Å²) in [6, 6.07) is 4.04. The predicted molar refractivity (Wildman–Crippen MR) is 48.8 cm³/mol. The Morgan fingerprint density at radius 2 is 2.55 bits per heavy atom. The fourth-order valence-electron chi connectivity index (χ4n) is 0.925. The van der Waals surface area contributed by atoms with E-state index in [-0.39, 0.29) is 6.10 Å². The van der Waals surface area contributed by atoms with E-state index in [9.17, 15) is 5.11 Å². The first-order valence-electron chi connectivity index (χ1n) is 3.66. The average molecular weight is 168 g/mol. The van der Waals surface area contributed by atoms with Crippen LogP contribution in [0.1, 0.15) is 11.8 Å². The Kier molecular flexibility index (Phi) is 3.33. The fourth-order valence-corrected chi connectivity index (χ4v) is 1.68. The molecule has 0 aromatic carbocycles. The molecule has 0 fully saturated rings. The van der Waals surface area contributed by atoms with Crippen LogP contribution in [0.4, 0.5) is 0 Å². The molecule has 0 bridgehead atoms. The number of aliphatic hydroxyl groups excluding tert-OH is 1. The third-order valence-corrected chi connectivity index (χ3v) is 2.30. The Bertz CT molecular complexity index is 213. The van der Waals surface area contributed by atoms with Gasteiger partial charge in [-0.2, -0.15) is 0 Å². The Balaban J connectivity index is 2.43. The Hall–Kier alpha value is -0.600. The molecule has 2 heteroatoms. The van der Waals surface area contributed by atoms with E-state index in [1.54, 1.807) is 17.4 Å². The van der Waals surface area contributed by atoms with Gasteiger partial charge in [-0.15, -0.1) is 11.3 Å². The molecule has 11 heavy (non-hydrogen) atoms. The molecule has 1 atom stereocenters. The van der Waals surface area contributed by atoms with Crippen molar-refractivity contribution >= 4 is 11.3 Å². The largest absolute Gasteiger partial charge is 0.389 e. The zero-order chi connectivity index (χ0) is 8.10. The maximum Gasteiger partial charge on any atom is 0.0769 e. The summed E-state index contributed by atoms with van der Waals surface area (Å²) < 4.78 is 0. The van der Waals surface area contributed by atoms with Gasteiger partial charge in [0.1, 0.15) is 0 Å². The van der Waals surface area contributed by atoms with E-state index in [0.29, 0.717) is 0 Å². The van der Waals surface area contributed by atoms with Gasteiger partial charge in [-0.1, -0.05) is 18.2 Å². The van der Waals surface area contributed by atoms with Crippen molar-refractivity contribution in [1.82, 2.24) is 0 Å². The lowest BCUT2D eigenvalue weighted by Gasteiger charge is -2.01. The fraction of sp³-hybridized carbons (Fsp3) is 0.333. The van der Waals surface area contributed by atoms with E-state index in [0.717, 1.165) is 6.42 Å². The average Bonchev–Trinajstić information content (AvgIpc) is 2.40. The summed E-state index contributed by atoms with van der Waals surface area (Å²) in [6.45, 7) is 1.91. The third-order valence-electron chi connectivity index (χ3n) is 1.41. The number of hydrogen-bond donors (Lipinski definition) is 1. The summed E-state index contributed by atoms with van der Waals surface area (Å²) in [6.07, 6.45) is 4.10. The number of rotatable bonds is 3. The van der Waals surface area contributed by atoms with Gasteiger partial charge < -0.3 is 5.11 Å². The normalized spacial score (nSPS) is 14.0. The standard InChI is InChI=1S/C9H12OS/c1-2-4-8(10)7-9-5-3-6-11-9/h2-6,8,10H,7H2,1H3/b4-2-. The zero-order valence-corrected chi connectivity index (χ0v) is 7.34. The second kappa shape index (κ2) is 4.31. The van der Waals surface area contributed by atoms with E-state index in [1.165, 1.54) is 4.88 Å². The van der Waals surface area contributed by atoms with Gasteiger partial charge in [0.25, 0.3) is 0 Å². The minimum absolute atomic E-state index is 0.321. The van der Waals surface area contributed by atoms with Gasteiger partial charge >= 0.3 is 0 Å². The van der Waals surface area contributed by atoms with E-state index in [4.69, 9.17) is 0 Å². The van der Waals surface area contributed by atoms with Crippen LogP contribution in [0.25, 0.3) is 0 Å². The van der Waals surface area contributed by atoms with Crippen molar-refractivity contribution in [3.05, 3.63) is 34.5 Å². The van der Waals surface area contributed by atoms with Gasteiger partial charge in [0.15, 0.2) is 0 Å². The molecule has 0 aliphatic rings. The van der Waals surface area contributed by atoms with Crippen LogP contribution in [0, 0.1) is 0 Å². The lowest BCUT2D eigenvalue weighted by atomic mass is 10.2. The molecule has 0 spiro atoms. The van der Waals surface area contributed by atoms with Crippen molar-refractivity contribution in [2.45, 2.75) is 19.4 Å². The Labute approximate surface area is 71.0 Å². The van der Waals surface area contributed by atoms with Gasteiger partial charge in [-0.25, -0.2) is 0 Å². The second-order valence-electron chi connectivity index (χ2n) is 2.38. The molecule has 1 rings (SSSR count). The van der Waals surface area contributed by atoms with E-state index < -0.39 is 0 Å². The molecular formula is C9H12OS. The van der Waals surface area contributed by atoms with Crippen molar-refractivity contribution < 1.29 is 5.11 Å². The number of allylic oxidation sites excluding steroid dienone is 1. The highest BCUT2D eigenvalue weighted by Gasteiger charge is 2.00. The number of thiophene rings is 1. The van der Waals surface area contributed by atoms with Crippen LogP contribution in [0.2, 0.25) is 0 Å². The summed E-state index contributed by atoms with van der Waals surface area (Å²) in [5.74, 6) is 0. The Morgan fingerprint density at radius 1 is 1.73 bits per heavy atom. The topological polar surface area (TPSA) is 20.2 Å². The molecule has 1 nitrogen and oxygen atoms in total. The van der Waals surface area contributed by atoms with E-state index in [2.05, 4.69) is 0 Å². The molecule has 1 N–H and O–H groups in total. The first-order valence-corrected chi connectivity index (χ1v) is 4.54. The van der Waals surface area contributed by atoms with Crippen molar-refractivity contribution in [1.29, 1.82) is 0 Å². The number of hydrogen-bond acceptors (Lipinski definition) is 2. The van der Waals surface area contributed by atoms with Gasteiger partial charge in [-0.05, 0) is 18.4 Å². The predicted octanol–water partition coefficient (Wildman–Crippen LogP) is 2.23. The lowest BCUT2D eigenvalue weighted by molar-refractivity contribution is 0.224. The molecule has 1 aromatic rings. The minimum Gasteiger partial charge on any atom is -0.389 e. The van der Waals surface area contributed by atoms with Crippen LogP contribution in [0.5, 0.6) is 0 Å². The molecular weight excluding hydrogens is 156 g/mol. The minimum atomic E-state index is -0.321. The SMILES string of the molecule is C/C=C\C(O)Cc1cccs1. The summed E-state index contributed by atoms with van der Waals surface area (Å²) >= 11 is 1.68. The molecule has 0 aliphatic heterocycles. The highest BCUT2D eigenvalue weighted by molar-refractivity contribution is 7.09. The highest BCUT2D eigenvalue weighted by atomic mass is 32.1. The van der Waals surface area contributed by atoms with Crippen LogP contribution in [-0.2, 0) is 6.42 Å². The maximum atomic E-state index is 9.34. The zero-order valence-electron chi connectivity index (χ0n) is 6.53. The van der Waals surface area contributed by atoms with Gasteiger partial charge in [-0.3, -0.25) is 0 Å².